The van der Waals surface area contributed by atoms with Crippen molar-refractivity contribution in [2.75, 3.05) is 19.0 Å². The van der Waals surface area contributed by atoms with Gasteiger partial charge in [0.15, 0.2) is 0 Å². The van der Waals surface area contributed by atoms with Crippen molar-refractivity contribution in [3.8, 4) is 0 Å². The first-order valence-corrected chi connectivity index (χ1v) is 5.99. The SMILES string of the molecule is CNc1nccc([C-]=C(N=[C-]CO)c2c[c-]ccc2)n1.[W+2].[Y]. The topological polar surface area (TPSA) is 70.4 Å². The van der Waals surface area contributed by atoms with Gasteiger partial charge in [-0.2, -0.15) is 30.3 Å². The van der Waals surface area contributed by atoms with Crippen LogP contribution in [0.15, 0.2) is 41.5 Å². The number of aliphatic imine (C=N–C) groups is 1. The molecule has 1 radical (unpaired) electrons. The van der Waals surface area contributed by atoms with Gasteiger partial charge in [0, 0.05) is 46.4 Å². The second kappa shape index (κ2) is 11.8. The van der Waals surface area contributed by atoms with E-state index in [1.807, 2.05) is 12.1 Å². The Balaban J connectivity index is 0.00000220. The standard InChI is InChI=1S/C15H13N4O.W.Y/c1-16-15-18-8-7-13(19-15)11-14(17-9-10-20)12-5-3-2-4-6-12;;/h2-3,5-8,20H,10H2,1H3,(H,16,18,19);;/q-3;+2;. The Morgan fingerprint density at radius 1 is 1.45 bits per heavy atom. The molecular formula is C15H13N4OWY-. The smallest absolute Gasteiger partial charge is 0.479 e. The zero-order valence-corrected chi connectivity index (χ0v) is 17.7. The molecule has 2 rings (SSSR count). The molecule has 0 aliphatic heterocycles. The van der Waals surface area contributed by atoms with Crippen LogP contribution in [0, 0.1) is 12.1 Å². The molecule has 2 aromatic rings. The number of aliphatic hydroxyl groups is 1. The molecule has 1 aromatic heterocycles. The third-order valence-corrected chi connectivity index (χ3v) is 2.37. The minimum Gasteiger partial charge on any atom is -0.479 e. The summed E-state index contributed by atoms with van der Waals surface area (Å²) < 4.78 is 0. The number of nitrogens with one attached hydrogen (secondary N) is 1. The first kappa shape index (κ1) is 21.3. The molecular weight excluding hydrogens is 525 g/mol. The molecule has 7 heteroatoms. The number of aliphatic hydroxyl groups excluding tert-OH is 1. The Kier molecular flexibility index (Phi) is 11.4. The normalized spacial score (nSPS) is 10.7. The van der Waals surface area contributed by atoms with E-state index in [0.717, 1.165) is 5.56 Å². The molecule has 2 N–H and O–H groups in total. The number of hydrogen-bond acceptors (Lipinski definition) is 5. The Labute approximate surface area is 169 Å². The van der Waals surface area contributed by atoms with E-state index in [1.165, 1.54) is 0 Å². The Morgan fingerprint density at radius 3 is 2.91 bits per heavy atom. The third-order valence-electron chi connectivity index (χ3n) is 2.37. The van der Waals surface area contributed by atoms with Gasteiger partial charge in [-0.05, 0) is 6.20 Å². The number of hydrogen-bond donors (Lipinski definition) is 2. The van der Waals surface area contributed by atoms with Crippen molar-refractivity contribution < 1.29 is 58.9 Å². The zero-order valence-electron chi connectivity index (χ0n) is 11.9. The number of benzene rings is 1. The maximum absolute atomic E-state index is 8.82. The van der Waals surface area contributed by atoms with E-state index in [-0.39, 0.29) is 60.4 Å². The average Bonchev–Trinajstić information content (AvgIpc) is 2.52. The van der Waals surface area contributed by atoms with Crippen molar-refractivity contribution in [3.05, 3.63) is 59.9 Å². The molecule has 0 fully saturated rings. The number of rotatable bonds is 5. The van der Waals surface area contributed by atoms with E-state index in [4.69, 9.17) is 5.11 Å². The maximum atomic E-state index is 8.82. The summed E-state index contributed by atoms with van der Waals surface area (Å²) in [6.45, 7) is -0.257. The molecule has 22 heavy (non-hydrogen) atoms. The molecule has 1 heterocycles. The van der Waals surface area contributed by atoms with Crippen LogP contribution in [0.25, 0.3) is 5.70 Å². The molecule has 0 saturated carbocycles. The minimum absolute atomic E-state index is 0. The van der Waals surface area contributed by atoms with Crippen molar-refractivity contribution in [2.45, 2.75) is 0 Å². The summed E-state index contributed by atoms with van der Waals surface area (Å²) in [7, 11) is 1.74. The number of anilines is 1. The van der Waals surface area contributed by atoms with Gasteiger partial charge in [0.1, 0.15) is 0 Å². The summed E-state index contributed by atoms with van der Waals surface area (Å²) in [5.74, 6) is 0.504. The number of aromatic nitrogens is 2. The van der Waals surface area contributed by atoms with Crippen molar-refractivity contribution in [1.29, 1.82) is 0 Å². The van der Waals surface area contributed by atoms with Crippen molar-refractivity contribution in [1.82, 2.24) is 9.97 Å². The van der Waals surface area contributed by atoms with E-state index in [9.17, 15) is 0 Å². The first-order valence-electron chi connectivity index (χ1n) is 5.99. The summed E-state index contributed by atoms with van der Waals surface area (Å²) in [5.41, 5.74) is 1.93. The summed E-state index contributed by atoms with van der Waals surface area (Å²) in [5, 5.41) is 11.7. The largest absolute Gasteiger partial charge is 2.00 e. The van der Waals surface area contributed by atoms with Gasteiger partial charge >= 0.3 is 21.1 Å². The Bertz CT molecular complexity index is 620. The van der Waals surface area contributed by atoms with E-state index >= 15 is 0 Å². The summed E-state index contributed by atoms with van der Waals surface area (Å²) in [6.07, 6.45) is 7.21. The molecule has 0 bridgehead atoms. The quantitative estimate of drug-likeness (QED) is 0.447. The predicted octanol–water partition coefficient (Wildman–Crippen LogP) is 1.45. The fourth-order valence-corrected chi connectivity index (χ4v) is 1.49. The van der Waals surface area contributed by atoms with Crippen LogP contribution in [-0.2, 0) is 53.8 Å². The average molecular weight is 538 g/mol. The molecule has 0 aliphatic rings. The van der Waals surface area contributed by atoms with E-state index in [2.05, 4.69) is 38.6 Å². The van der Waals surface area contributed by atoms with Crippen molar-refractivity contribution in [2.24, 2.45) is 4.99 Å². The molecule has 0 spiro atoms. The van der Waals surface area contributed by atoms with E-state index in [0.29, 0.717) is 17.3 Å². The molecule has 0 unspecified atom stereocenters. The second-order valence-electron chi connectivity index (χ2n) is 3.71. The number of nitrogens with zero attached hydrogens (tertiary/aromatic N) is 3. The third kappa shape index (κ3) is 6.57. The van der Waals surface area contributed by atoms with Gasteiger partial charge in [-0.3, -0.25) is 0 Å². The Hall–Kier alpha value is -0.738. The van der Waals surface area contributed by atoms with Crippen LogP contribution in [0.3, 0.4) is 0 Å². The van der Waals surface area contributed by atoms with Gasteiger partial charge in [-0.1, -0.05) is 5.69 Å². The van der Waals surface area contributed by atoms with Crippen LogP contribution >= 0.6 is 0 Å². The Morgan fingerprint density at radius 2 is 2.27 bits per heavy atom. The van der Waals surface area contributed by atoms with Crippen LogP contribution in [0.2, 0.25) is 0 Å². The van der Waals surface area contributed by atoms with Gasteiger partial charge in [-0.15, -0.1) is 12.3 Å². The van der Waals surface area contributed by atoms with E-state index in [1.54, 1.807) is 31.4 Å². The van der Waals surface area contributed by atoms with Crippen LogP contribution in [0.1, 0.15) is 11.3 Å². The summed E-state index contributed by atoms with van der Waals surface area (Å²) >= 11 is 0. The van der Waals surface area contributed by atoms with Crippen molar-refractivity contribution in [3.63, 3.8) is 0 Å². The zero-order chi connectivity index (χ0) is 14.2. The van der Waals surface area contributed by atoms with Crippen LogP contribution in [0.5, 0.6) is 0 Å². The first-order chi connectivity index (χ1) is 9.83. The van der Waals surface area contributed by atoms with E-state index < -0.39 is 0 Å². The maximum Gasteiger partial charge on any atom is 2.00 e. The fourth-order valence-electron chi connectivity index (χ4n) is 1.49. The minimum atomic E-state index is -0.257. The predicted molar refractivity (Wildman–Crippen MR) is 77.1 cm³/mol. The fraction of sp³-hybridized carbons (Fsp3) is 0.133. The molecule has 0 aliphatic carbocycles. The molecule has 109 valence electrons. The summed E-state index contributed by atoms with van der Waals surface area (Å²) in [6, 6.07) is 12.0. The van der Waals surface area contributed by atoms with Crippen molar-refractivity contribution >= 4 is 17.9 Å². The van der Waals surface area contributed by atoms with Gasteiger partial charge in [-0.25, -0.2) is 27.3 Å². The monoisotopic (exact) mass is 538 g/mol. The van der Waals surface area contributed by atoms with Gasteiger partial charge in [0.2, 0.25) is 5.95 Å². The van der Waals surface area contributed by atoms with Crippen LogP contribution in [0.4, 0.5) is 5.95 Å². The van der Waals surface area contributed by atoms with Gasteiger partial charge in [0.25, 0.3) is 0 Å². The second-order valence-corrected chi connectivity index (χ2v) is 3.71. The molecule has 1 aromatic carbocycles. The summed E-state index contributed by atoms with van der Waals surface area (Å²) in [4.78, 5) is 12.4. The molecule has 0 amide bonds. The molecule has 0 saturated heterocycles. The van der Waals surface area contributed by atoms with Gasteiger partial charge < -0.3 is 15.4 Å². The molecule has 5 nitrogen and oxygen atoms in total. The van der Waals surface area contributed by atoms with Crippen LogP contribution in [-0.4, -0.2) is 34.9 Å². The molecule has 0 atom stereocenters. The van der Waals surface area contributed by atoms with Gasteiger partial charge in [0.05, 0.1) is 0 Å². The van der Waals surface area contributed by atoms with Crippen LogP contribution < -0.4 is 5.32 Å².